The summed E-state index contributed by atoms with van der Waals surface area (Å²) in [6.45, 7) is 1.35. The van der Waals surface area contributed by atoms with Crippen LogP contribution in [0.25, 0.3) is 10.2 Å². The molecule has 9 heteroatoms. The van der Waals surface area contributed by atoms with Gasteiger partial charge in [0.05, 0.1) is 22.1 Å². The quantitative estimate of drug-likeness (QED) is 0.455. The summed E-state index contributed by atoms with van der Waals surface area (Å²) >= 11 is 6.30. The highest BCUT2D eigenvalue weighted by Crippen LogP contribution is 2.31. The lowest BCUT2D eigenvalue weighted by atomic mass is 10.2. The van der Waals surface area contributed by atoms with Gasteiger partial charge in [-0.1, -0.05) is 27.7 Å². The van der Waals surface area contributed by atoms with Crippen molar-refractivity contribution in [2.24, 2.45) is 0 Å². The number of ether oxygens (including phenoxy) is 1. The van der Waals surface area contributed by atoms with Crippen LogP contribution in [0.15, 0.2) is 51.3 Å². The Kier molecular flexibility index (Phi) is 7.04. The number of aromatic nitrogens is 1. The van der Waals surface area contributed by atoms with E-state index in [9.17, 15) is 9.59 Å². The molecule has 0 bridgehead atoms. The van der Waals surface area contributed by atoms with Gasteiger partial charge in [-0.2, -0.15) is 0 Å². The fourth-order valence-electron chi connectivity index (χ4n) is 3.06. The summed E-state index contributed by atoms with van der Waals surface area (Å²) < 4.78 is 8.23. The fourth-order valence-corrected chi connectivity index (χ4v) is 5.26. The number of fused-ring (bicyclic) bond motifs is 1. The van der Waals surface area contributed by atoms with Crippen LogP contribution in [-0.2, 0) is 9.53 Å². The van der Waals surface area contributed by atoms with Gasteiger partial charge in [0.25, 0.3) is 5.91 Å². The summed E-state index contributed by atoms with van der Waals surface area (Å²) in [5.41, 5.74) is 2.15. The summed E-state index contributed by atoms with van der Waals surface area (Å²) in [7, 11) is 0. The molecule has 6 nitrogen and oxygen atoms in total. The van der Waals surface area contributed by atoms with E-state index in [-0.39, 0.29) is 17.9 Å². The van der Waals surface area contributed by atoms with Crippen LogP contribution in [0.2, 0.25) is 0 Å². The van der Waals surface area contributed by atoms with Crippen molar-refractivity contribution in [1.82, 2.24) is 10.3 Å². The number of nitrogens with zero attached hydrogens (tertiary/aromatic N) is 1. The second-order valence-electron chi connectivity index (χ2n) is 6.85. The number of hydrogen-bond acceptors (Lipinski definition) is 6. The maximum Gasteiger partial charge on any atom is 0.255 e. The number of benzene rings is 2. The van der Waals surface area contributed by atoms with Gasteiger partial charge in [-0.15, -0.1) is 11.3 Å². The Labute approximate surface area is 190 Å². The molecule has 2 aromatic carbocycles. The van der Waals surface area contributed by atoms with Gasteiger partial charge in [0.1, 0.15) is 0 Å². The number of halogens is 1. The highest BCUT2D eigenvalue weighted by atomic mass is 79.9. The smallest absolute Gasteiger partial charge is 0.255 e. The Morgan fingerprint density at radius 2 is 2.07 bits per heavy atom. The molecule has 4 rings (SSSR count). The molecule has 2 heterocycles. The van der Waals surface area contributed by atoms with E-state index < -0.39 is 0 Å². The molecule has 30 heavy (non-hydrogen) atoms. The third kappa shape index (κ3) is 5.60. The number of carbonyl (C=O) groups is 2. The van der Waals surface area contributed by atoms with Crippen LogP contribution in [0.4, 0.5) is 5.69 Å². The fraction of sp³-hybridized carbons (Fsp3) is 0.286. The average molecular weight is 506 g/mol. The van der Waals surface area contributed by atoms with E-state index in [1.165, 1.54) is 23.1 Å². The van der Waals surface area contributed by atoms with Gasteiger partial charge < -0.3 is 15.4 Å². The standard InChI is InChI=1S/C21H20BrN3O3S2/c22-14-5-3-13(4-6-14)20(27)24-15-7-8-17-18(10-15)30-21(25-17)29-12-19(26)23-11-16-2-1-9-28-16/h3-8,10,16H,1-2,9,11-12H2,(H,23,26)(H,24,27)/t16-/m0/s1. The lowest BCUT2D eigenvalue weighted by Crippen LogP contribution is -2.32. The molecule has 0 unspecified atom stereocenters. The van der Waals surface area contributed by atoms with Crippen molar-refractivity contribution >= 4 is 66.7 Å². The first-order chi connectivity index (χ1) is 14.6. The molecule has 1 aliphatic heterocycles. The molecule has 1 atom stereocenters. The molecule has 1 saturated heterocycles. The number of nitrogens with one attached hydrogen (secondary N) is 2. The topological polar surface area (TPSA) is 80.3 Å². The van der Waals surface area contributed by atoms with E-state index >= 15 is 0 Å². The zero-order valence-corrected chi connectivity index (χ0v) is 19.2. The molecule has 1 fully saturated rings. The second-order valence-corrected chi connectivity index (χ2v) is 10.0. The zero-order chi connectivity index (χ0) is 20.9. The Balaban J connectivity index is 1.33. The van der Waals surface area contributed by atoms with E-state index in [2.05, 4.69) is 31.5 Å². The van der Waals surface area contributed by atoms with Crippen molar-refractivity contribution < 1.29 is 14.3 Å². The lowest BCUT2D eigenvalue weighted by Gasteiger charge is -2.09. The Morgan fingerprint density at radius 3 is 2.83 bits per heavy atom. The predicted octanol–water partition coefficient (Wildman–Crippen LogP) is 4.70. The minimum atomic E-state index is -0.163. The summed E-state index contributed by atoms with van der Waals surface area (Å²) in [5, 5.41) is 5.83. The summed E-state index contributed by atoms with van der Waals surface area (Å²) in [5.74, 6) is 0.140. The molecule has 3 aromatic rings. The van der Waals surface area contributed by atoms with Crippen molar-refractivity contribution in [2.75, 3.05) is 24.2 Å². The van der Waals surface area contributed by atoms with E-state index in [4.69, 9.17) is 4.74 Å². The molecule has 0 aliphatic carbocycles. The van der Waals surface area contributed by atoms with E-state index in [1.54, 1.807) is 12.1 Å². The predicted molar refractivity (Wildman–Crippen MR) is 124 cm³/mol. The highest BCUT2D eigenvalue weighted by molar-refractivity contribution is 9.10. The van der Waals surface area contributed by atoms with Crippen molar-refractivity contribution in [1.29, 1.82) is 0 Å². The number of anilines is 1. The largest absolute Gasteiger partial charge is 0.376 e. The van der Waals surface area contributed by atoms with Crippen molar-refractivity contribution in [2.45, 2.75) is 23.3 Å². The van der Waals surface area contributed by atoms with Gasteiger partial charge in [0.15, 0.2) is 4.34 Å². The number of hydrogen-bond donors (Lipinski definition) is 2. The first-order valence-electron chi connectivity index (χ1n) is 9.55. The minimum Gasteiger partial charge on any atom is -0.376 e. The van der Waals surface area contributed by atoms with Crippen molar-refractivity contribution in [3.63, 3.8) is 0 Å². The molecule has 1 aromatic heterocycles. The average Bonchev–Trinajstić information content (AvgIpc) is 3.40. The van der Waals surface area contributed by atoms with Crippen LogP contribution in [0, 0.1) is 0 Å². The summed E-state index contributed by atoms with van der Waals surface area (Å²) in [6, 6.07) is 12.8. The lowest BCUT2D eigenvalue weighted by molar-refractivity contribution is -0.119. The SMILES string of the molecule is O=C(CSc1nc2ccc(NC(=O)c3ccc(Br)cc3)cc2s1)NC[C@@H]1CCCO1. The molecule has 0 spiro atoms. The maximum absolute atomic E-state index is 12.4. The van der Waals surface area contributed by atoms with Crippen molar-refractivity contribution in [3.05, 3.63) is 52.5 Å². The monoisotopic (exact) mass is 505 g/mol. The Hall–Kier alpha value is -1.94. The number of amides is 2. The van der Waals surface area contributed by atoms with Gasteiger partial charge in [-0.25, -0.2) is 4.98 Å². The number of carbonyl (C=O) groups excluding carboxylic acids is 2. The van der Waals surface area contributed by atoms with Crippen LogP contribution in [0.1, 0.15) is 23.2 Å². The first kappa shape index (κ1) is 21.3. The minimum absolute atomic E-state index is 0.0165. The van der Waals surface area contributed by atoms with Crippen LogP contribution in [0.5, 0.6) is 0 Å². The van der Waals surface area contributed by atoms with Crippen LogP contribution in [-0.4, -0.2) is 41.8 Å². The van der Waals surface area contributed by atoms with Gasteiger partial charge in [0.2, 0.25) is 5.91 Å². The molecular formula is C21H20BrN3O3S2. The van der Waals surface area contributed by atoms with Gasteiger partial charge in [-0.05, 0) is 55.3 Å². The summed E-state index contributed by atoms with van der Waals surface area (Å²) in [4.78, 5) is 29.0. The maximum atomic E-state index is 12.4. The van der Waals surface area contributed by atoms with E-state index in [1.807, 2.05) is 30.3 Å². The van der Waals surface area contributed by atoms with Gasteiger partial charge >= 0.3 is 0 Å². The van der Waals surface area contributed by atoms with Crippen LogP contribution in [0.3, 0.4) is 0 Å². The number of thiazole rings is 1. The van der Waals surface area contributed by atoms with Gasteiger partial charge in [0, 0.05) is 28.9 Å². The Bertz CT molecular complexity index is 1050. The molecule has 2 N–H and O–H groups in total. The van der Waals surface area contributed by atoms with Crippen LogP contribution >= 0.6 is 39.0 Å². The van der Waals surface area contributed by atoms with Crippen molar-refractivity contribution in [3.8, 4) is 0 Å². The number of rotatable bonds is 7. The molecule has 2 amide bonds. The second kappa shape index (κ2) is 9.91. The molecule has 1 aliphatic rings. The summed E-state index contributed by atoms with van der Waals surface area (Å²) in [6.07, 6.45) is 2.21. The molecule has 156 valence electrons. The normalized spacial score (nSPS) is 16.0. The Morgan fingerprint density at radius 1 is 1.23 bits per heavy atom. The third-order valence-corrected chi connectivity index (χ3v) is 7.30. The molecule has 0 radical (unpaired) electrons. The van der Waals surface area contributed by atoms with Gasteiger partial charge in [-0.3, -0.25) is 9.59 Å². The van der Waals surface area contributed by atoms with E-state index in [0.29, 0.717) is 23.5 Å². The zero-order valence-electron chi connectivity index (χ0n) is 16.0. The van der Waals surface area contributed by atoms with E-state index in [0.717, 1.165) is 38.5 Å². The third-order valence-electron chi connectivity index (χ3n) is 4.61. The number of thioether (sulfide) groups is 1. The molecule has 0 saturated carbocycles. The first-order valence-corrected chi connectivity index (χ1v) is 12.1. The van der Waals surface area contributed by atoms with Crippen LogP contribution < -0.4 is 10.6 Å². The molecular weight excluding hydrogens is 486 g/mol. The highest BCUT2D eigenvalue weighted by Gasteiger charge is 2.16.